The van der Waals surface area contributed by atoms with Crippen LogP contribution in [0.15, 0.2) is 0 Å². The number of hydrogen-bond acceptors (Lipinski definition) is 0. The Morgan fingerprint density at radius 3 is 2.44 bits per heavy atom. The number of halogens is 2. The van der Waals surface area contributed by atoms with Gasteiger partial charge in [0.1, 0.15) is 0 Å². The van der Waals surface area contributed by atoms with Gasteiger partial charge in [0.2, 0.25) is 0 Å². The molecule has 9 heavy (non-hydrogen) atoms. The zero-order chi connectivity index (χ0) is 5.98. The smallest absolute Gasteiger partial charge is 0.163 e. The molecule has 56 valence electrons. The Bertz CT molecular complexity index is 69.5. The van der Waals surface area contributed by atoms with E-state index in [1.807, 2.05) is 0 Å². The van der Waals surface area contributed by atoms with E-state index in [2.05, 4.69) is 7.05 Å². The number of hydrogen-bond donors (Lipinski definition) is 1. The molecule has 1 saturated heterocycles. The van der Waals surface area contributed by atoms with Crippen LogP contribution in [-0.4, -0.2) is 19.1 Å². The standard InChI is InChI=1S/C6H12ClN.HI/c1-8-5-3-2-4-6(8)7;/h6H,2-5H2,1H3;1H. The predicted molar refractivity (Wildman–Crippen MR) is 35.2 cm³/mol. The average molecular weight is 262 g/mol. The summed E-state index contributed by atoms with van der Waals surface area (Å²) in [5.74, 6) is 0. The van der Waals surface area contributed by atoms with Crippen molar-refractivity contribution in [1.29, 1.82) is 0 Å². The van der Waals surface area contributed by atoms with Crippen LogP contribution in [0, 0.1) is 0 Å². The number of piperidine rings is 1. The van der Waals surface area contributed by atoms with Crippen LogP contribution in [0.4, 0.5) is 0 Å². The van der Waals surface area contributed by atoms with E-state index >= 15 is 0 Å². The molecule has 1 aliphatic heterocycles. The SMILES string of the molecule is C[NH+]1CCCCC1Cl.[I-]. The van der Waals surface area contributed by atoms with Crippen LogP contribution in [0.1, 0.15) is 19.3 Å². The Morgan fingerprint density at radius 2 is 2.11 bits per heavy atom. The Morgan fingerprint density at radius 1 is 1.44 bits per heavy atom. The quantitative estimate of drug-likeness (QED) is 0.274. The Balaban J connectivity index is 0.000000640. The van der Waals surface area contributed by atoms with E-state index in [0.717, 1.165) is 0 Å². The Hall–Kier alpha value is 0.980. The molecule has 1 aliphatic rings. The number of nitrogens with one attached hydrogen (secondary N) is 1. The maximum atomic E-state index is 5.93. The van der Waals surface area contributed by atoms with Crippen molar-refractivity contribution in [3.05, 3.63) is 0 Å². The molecule has 3 heteroatoms. The first-order chi connectivity index (χ1) is 3.80. The lowest BCUT2D eigenvalue weighted by Gasteiger charge is -2.23. The summed E-state index contributed by atoms with van der Waals surface area (Å²) in [6, 6.07) is 0. The highest BCUT2D eigenvalue weighted by atomic mass is 127. The van der Waals surface area contributed by atoms with Crippen molar-refractivity contribution < 1.29 is 28.9 Å². The minimum absolute atomic E-state index is 0. The third-order valence-electron chi connectivity index (χ3n) is 1.81. The first-order valence-corrected chi connectivity index (χ1v) is 3.71. The van der Waals surface area contributed by atoms with Crippen molar-refractivity contribution in [2.45, 2.75) is 24.8 Å². The summed E-state index contributed by atoms with van der Waals surface area (Å²) in [6.45, 7) is 1.26. The fourth-order valence-electron chi connectivity index (χ4n) is 1.13. The number of rotatable bonds is 0. The Kier molecular flexibility index (Phi) is 5.26. The van der Waals surface area contributed by atoms with E-state index in [1.165, 1.54) is 30.7 Å². The highest BCUT2D eigenvalue weighted by Gasteiger charge is 2.18. The van der Waals surface area contributed by atoms with Gasteiger partial charge >= 0.3 is 0 Å². The summed E-state index contributed by atoms with van der Waals surface area (Å²) >= 11 is 5.93. The molecule has 1 rings (SSSR count). The van der Waals surface area contributed by atoms with E-state index in [1.54, 1.807) is 0 Å². The molecular weight excluding hydrogens is 248 g/mol. The van der Waals surface area contributed by atoms with Gasteiger partial charge in [-0.1, -0.05) is 11.6 Å². The van der Waals surface area contributed by atoms with E-state index < -0.39 is 0 Å². The van der Waals surface area contributed by atoms with Crippen LogP contribution in [0.2, 0.25) is 0 Å². The van der Waals surface area contributed by atoms with Gasteiger partial charge in [0, 0.05) is 6.42 Å². The van der Waals surface area contributed by atoms with Gasteiger partial charge in [-0.2, -0.15) is 0 Å². The second kappa shape index (κ2) is 4.74. The summed E-state index contributed by atoms with van der Waals surface area (Å²) in [7, 11) is 2.16. The van der Waals surface area contributed by atoms with Gasteiger partial charge in [-0.25, -0.2) is 0 Å². The molecule has 0 aliphatic carbocycles. The maximum Gasteiger partial charge on any atom is 0.163 e. The van der Waals surface area contributed by atoms with Crippen LogP contribution >= 0.6 is 11.6 Å². The molecule has 2 atom stereocenters. The molecule has 0 aromatic rings. The fraction of sp³-hybridized carbons (Fsp3) is 1.00. The van der Waals surface area contributed by atoms with Crippen LogP contribution in [0.5, 0.6) is 0 Å². The molecule has 0 aromatic heterocycles. The van der Waals surface area contributed by atoms with Gasteiger partial charge in [-0.15, -0.1) is 0 Å². The molecule has 0 radical (unpaired) electrons. The fourth-order valence-corrected chi connectivity index (χ4v) is 1.39. The number of alkyl halides is 1. The summed E-state index contributed by atoms with van der Waals surface area (Å²) < 4.78 is 0. The molecule has 0 bridgehead atoms. The monoisotopic (exact) mass is 261 g/mol. The molecule has 2 unspecified atom stereocenters. The minimum Gasteiger partial charge on any atom is -1.00 e. The maximum absolute atomic E-state index is 5.93. The van der Waals surface area contributed by atoms with Gasteiger partial charge in [0.25, 0.3) is 0 Å². The van der Waals surface area contributed by atoms with Gasteiger partial charge in [-0.3, -0.25) is 0 Å². The van der Waals surface area contributed by atoms with Crippen molar-refractivity contribution >= 4 is 11.6 Å². The zero-order valence-corrected chi connectivity index (χ0v) is 8.58. The van der Waals surface area contributed by atoms with Crippen molar-refractivity contribution in [3.8, 4) is 0 Å². The molecule has 1 heterocycles. The van der Waals surface area contributed by atoms with Crippen LogP contribution < -0.4 is 28.9 Å². The van der Waals surface area contributed by atoms with E-state index in [9.17, 15) is 0 Å². The highest BCUT2D eigenvalue weighted by molar-refractivity contribution is 6.19. The van der Waals surface area contributed by atoms with E-state index in [-0.39, 0.29) is 24.0 Å². The highest BCUT2D eigenvalue weighted by Crippen LogP contribution is 2.04. The van der Waals surface area contributed by atoms with Crippen molar-refractivity contribution in [3.63, 3.8) is 0 Å². The topological polar surface area (TPSA) is 4.44 Å². The molecule has 1 N–H and O–H groups in total. The van der Waals surface area contributed by atoms with Gasteiger partial charge < -0.3 is 28.9 Å². The second-order valence-corrected chi connectivity index (χ2v) is 3.09. The Labute approximate surface area is 78.8 Å². The molecule has 1 nitrogen and oxygen atoms in total. The van der Waals surface area contributed by atoms with Crippen LogP contribution in [-0.2, 0) is 0 Å². The zero-order valence-electron chi connectivity index (χ0n) is 5.66. The lowest BCUT2D eigenvalue weighted by atomic mass is 10.1. The van der Waals surface area contributed by atoms with Crippen molar-refractivity contribution in [1.82, 2.24) is 0 Å². The van der Waals surface area contributed by atoms with Crippen LogP contribution in [0.3, 0.4) is 0 Å². The normalized spacial score (nSPS) is 35.3. The van der Waals surface area contributed by atoms with E-state index in [0.29, 0.717) is 5.50 Å². The van der Waals surface area contributed by atoms with Gasteiger partial charge in [0.15, 0.2) is 5.50 Å². The molecule has 1 fully saturated rings. The second-order valence-electron chi connectivity index (χ2n) is 2.56. The minimum atomic E-state index is 0. The van der Waals surface area contributed by atoms with Gasteiger partial charge in [-0.05, 0) is 12.8 Å². The third-order valence-corrected chi connectivity index (χ3v) is 2.40. The largest absolute Gasteiger partial charge is 1.00 e. The molecule has 0 saturated carbocycles. The first-order valence-electron chi connectivity index (χ1n) is 3.27. The summed E-state index contributed by atoms with van der Waals surface area (Å²) in [5.41, 5.74) is 0.392. The summed E-state index contributed by atoms with van der Waals surface area (Å²) in [4.78, 5) is 1.48. The van der Waals surface area contributed by atoms with Gasteiger partial charge in [0.05, 0.1) is 13.6 Å². The lowest BCUT2D eigenvalue weighted by Crippen LogP contribution is -3.12. The predicted octanol–water partition coefficient (Wildman–Crippen LogP) is -2.75. The van der Waals surface area contributed by atoms with Crippen molar-refractivity contribution in [2.24, 2.45) is 0 Å². The van der Waals surface area contributed by atoms with Crippen LogP contribution in [0.25, 0.3) is 0 Å². The third kappa shape index (κ3) is 3.05. The molecule has 0 aromatic carbocycles. The lowest BCUT2D eigenvalue weighted by molar-refractivity contribution is -0.897. The van der Waals surface area contributed by atoms with Crippen molar-refractivity contribution in [2.75, 3.05) is 13.6 Å². The average Bonchev–Trinajstić information content (AvgIpc) is 1.77. The first kappa shape index (κ1) is 9.98. The molecular formula is C6H13ClIN. The molecule has 0 amide bonds. The number of likely N-dealkylation sites (tertiary alicyclic amines) is 1. The van der Waals surface area contributed by atoms with E-state index in [4.69, 9.17) is 11.6 Å². The summed E-state index contributed by atoms with van der Waals surface area (Å²) in [6.07, 6.45) is 3.88. The molecule has 0 spiro atoms. The summed E-state index contributed by atoms with van der Waals surface area (Å²) in [5, 5.41) is 0. The number of quaternary nitrogens is 1.